The van der Waals surface area contributed by atoms with Gasteiger partial charge in [-0.1, -0.05) is 0 Å². The Kier molecular flexibility index (Phi) is 3.30. The van der Waals surface area contributed by atoms with Crippen molar-refractivity contribution in [2.75, 3.05) is 0 Å². The lowest BCUT2D eigenvalue weighted by atomic mass is 10.2. The zero-order valence-corrected chi connectivity index (χ0v) is 12.1. The molecule has 0 amide bonds. The molecule has 0 saturated heterocycles. The summed E-state index contributed by atoms with van der Waals surface area (Å²) in [6, 6.07) is 7.35. The molecule has 3 rings (SSSR count). The Bertz CT molecular complexity index is 770. The third-order valence-corrected chi connectivity index (χ3v) is 3.30. The van der Waals surface area contributed by atoms with Crippen LogP contribution in [0, 0.1) is 6.92 Å². The van der Waals surface area contributed by atoms with Gasteiger partial charge in [-0.05, 0) is 32.0 Å². The summed E-state index contributed by atoms with van der Waals surface area (Å²) in [5, 5.41) is 2.36. The highest BCUT2D eigenvalue weighted by Gasteiger charge is 2.11. The van der Waals surface area contributed by atoms with Crippen LogP contribution in [0.2, 0.25) is 0 Å². The van der Waals surface area contributed by atoms with Gasteiger partial charge in [0.05, 0.1) is 11.0 Å². The predicted molar refractivity (Wildman–Crippen MR) is 80.8 cm³/mol. The van der Waals surface area contributed by atoms with Crippen LogP contribution in [0.5, 0.6) is 0 Å². The van der Waals surface area contributed by atoms with Crippen molar-refractivity contribution < 1.29 is 0 Å². The minimum absolute atomic E-state index is 0. The first-order valence-corrected chi connectivity index (χ1v) is 5.82. The third kappa shape index (κ3) is 1.68. The van der Waals surface area contributed by atoms with Crippen LogP contribution in [0.4, 0.5) is 0 Å². The lowest BCUT2D eigenvalue weighted by molar-refractivity contribution is 0.821. The van der Waals surface area contributed by atoms with Crippen molar-refractivity contribution in [3.05, 3.63) is 46.4 Å². The Hall–Kier alpha value is -1.55. The first-order chi connectivity index (χ1) is 8.22. The number of aromatic amines is 1. The van der Waals surface area contributed by atoms with Crippen molar-refractivity contribution in [2.45, 2.75) is 20.4 Å². The van der Waals surface area contributed by atoms with Crippen LogP contribution in [0.1, 0.15) is 12.6 Å². The molecule has 4 heteroatoms. The zero-order chi connectivity index (χ0) is 12.0. The third-order valence-electron chi connectivity index (χ3n) is 3.30. The maximum absolute atomic E-state index is 11.5. The van der Waals surface area contributed by atoms with Gasteiger partial charge >= 0.3 is 0 Å². The molecule has 3 aromatic rings. The molecule has 18 heavy (non-hydrogen) atoms. The van der Waals surface area contributed by atoms with Gasteiger partial charge in [-0.25, -0.2) is 0 Å². The fourth-order valence-electron chi connectivity index (χ4n) is 2.58. The number of aromatic nitrogens is 2. The van der Waals surface area contributed by atoms with E-state index in [1.54, 1.807) is 12.1 Å². The number of pyridine rings is 1. The topological polar surface area (TPSA) is 37.8 Å². The summed E-state index contributed by atoms with van der Waals surface area (Å²) in [6.07, 6.45) is 1.95. The molecular formula is C14H15BrN2O. The van der Waals surface area contributed by atoms with E-state index >= 15 is 0 Å². The Morgan fingerprint density at radius 1 is 1.22 bits per heavy atom. The highest BCUT2D eigenvalue weighted by Crippen LogP contribution is 2.28. The van der Waals surface area contributed by atoms with Crippen LogP contribution in [-0.2, 0) is 6.54 Å². The minimum atomic E-state index is 0. The van der Waals surface area contributed by atoms with Crippen LogP contribution in [0.15, 0.2) is 35.3 Å². The molecule has 0 radical (unpaired) electrons. The van der Waals surface area contributed by atoms with Crippen molar-refractivity contribution >= 4 is 38.8 Å². The number of aryl methyl sites for hydroxylation is 2. The summed E-state index contributed by atoms with van der Waals surface area (Å²) in [6.45, 7) is 5.02. The normalized spacial score (nSPS) is 10.8. The quantitative estimate of drug-likeness (QED) is 0.735. The fraction of sp³-hybridized carbons (Fsp3) is 0.214. The van der Waals surface area contributed by atoms with Crippen molar-refractivity contribution in [3.8, 4) is 0 Å². The van der Waals surface area contributed by atoms with Crippen molar-refractivity contribution in [3.63, 3.8) is 0 Å². The van der Waals surface area contributed by atoms with Gasteiger partial charge in [-0.15, -0.1) is 17.0 Å². The van der Waals surface area contributed by atoms with Gasteiger partial charge in [-0.2, -0.15) is 0 Å². The fourth-order valence-corrected chi connectivity index (χ4v) is 2.58. The smallest absolute Gasteiger partial charge is 0.180 e. The maximum atomic E-state index is 11.5. The standard InChI is InChI=1S/C14H14N2O.BrH/c1-3-16-13-8-10(17)4-5-11(13)12-6-7-15-9(2)14(12)16;/h4-8,15H,3H2,1-2H3;1H. The largest absolute Gasteiger partial charge is 0.364 e. The molecular weight excluding hydrogens is 292 g/mol. The van der Waals surface area contributed by atoms with Gasteiger partial charge in [0.2, 0.25) is 0 Å². The van der Waals surface area contributed by atoms with Crippen LogP contribution >= 0.6 is 17.0 Å². The number of hydrogen-bond acceptors (Lipinski definition) is 1. The van der Waals surface area contributed by atoms with Gasteiger partial charge < -0.3 is 9.55 Å². The first-order valence-electron chi connectivity index (χ1n) is 5.82. The predicted octanol–water partition coefficient (Wildman–Crippen LogP) is 3.39. The van der Waals surface area contributed by atoms with Crippen molar-refractivity contribution in [2.24, 2.45) is 0 Å². The van der Waals surface area contributed by atoms with Gasteiger partial charge in [0.15, 0.2) is 5.43 Å². The monoisotopic (exact) mass is 306 g/mol. The van der Waals surface area contributed by atoms with Crippen molar-refractivity contribution in [1.29, 1.82) is 0 Å². The molecule has 0 saturated carbocycles. The van der Waals surface area contributed by atoms with E-state index in [-0.39, 0.29) is 22.4 Å². The Labute approximate surface area is 115 Å². The van der Waals surface area contributed by atoms with Crippen LogP contribution in [0.3, 0.4) is 0 Å². The van der Waals surface area contributed by atoms with Crippen LogP contribution in [-0.4, -0.2) is 9.55 Å². The molecule has 0 aliphatic rings. The average molecular weight is 307 g/mol. The summed E-state index contributed by atoms with van der Waals surface area (Å²) >= 11 is 0. The number of benzene rings is 1. The molecule has 3 nitrogen and oxygen atoms in total. The number of halogens is 1. The Morgan fingerprint density at radius 2 is 2.00 bits per heavy atom. The molecule has 0 aliphatic carbocycles. The van der Waals surface area contributed by atoms with Gasteiger partial charge in [0.1, 0.15) is 0 Å². The zero-order valence-electron chi connectivity index (χ0n) is 10.4. The molecule has 0 fully saturated rings. The van der Waals surface area contributed by atoms with E-state index in [0.29, 0.717) is 0 Å². The molecule has 1 aromatic carbocycles. The minimum Gasteiger partial charge on any atom is -0.364 e. The molecule has 0 bridgehead atoms. The van der Waals surface area contributed by atoms with E-state index in [2.05, 4.69) is 29.5 Å². The van der Waals surface area contributed by atoms with Gasteiger partial charge in [0.25, 0.3) is 0 Å². The summed E-state index contributed by atoms with van der Waals surface area (Å²) in [5.41, 5.74) is 3.41. The van der Waals surface area contributed by atoms with E-state index in [9.17, 15) is 4.79 Å². The van der Waals surface area contributed by atoms with Gasteiger partial charge in [-0.3, -0.25) is 4.79 Å². The SMILES string of the molecule is Br.CCn1c2cc(=O)ccc2c2cc[nH]c(C)c21. The van der Waals surface area contributed by atoms with Gasteiger partial charge in [0, 0.05) is 35.3 Å². The van der Waals surface area contributed by atoms with E-state index < -0.39 is 0 Å². The molecule has 2 heterocycles. The molecule has 94 valence electrons. The summed E-state index contributed by atoms with van der Waals surface area (Å²) < 4.78 is 2.19. The lowest BCUT2D eigenvalue weighted by Gasteiger charge is -2.04. The van der Waals surface area contributed by atoms with E-state index in [1.165, 1.54) is 10.9 Å². The lowest BCUT2D eigenvalue weighted by Crippen LogP contribution is -1.99. The van der Waals surface area contributed by atoms with Crippen molar-refractivity contribution in [1.82, 2.24) is 9.55 Å². The second-order valence-corrected chi connectivity index (χ2v) is 4.29. The highest BCUT2D eigenvalue weighted by atomic mass is 79.9. The van der Waals surface area contributed by atoms with E-state index in [0.717, 1.165) is 23.1 Å². The number of fused-ring (bicyclic) bond motifs is 3. The molecule has 2 aromatic heterocycles. The molecule has 0 aliphatic heterocycles. The summed E-state index contributed by atoms with van der Waals surface area (Å²) in [5.74, 6) is 0. The molecule has 1 N–H and O–H groups in total. The number of nitrogens with one attached hydrogen (secondary N) is 1. The van der Waals surface area contributed by atoms with E-state index in [1.807, 2.05) is 12.3 Å². The number of rotatable bonds is 1. The van der Waals surface area contributed by atoms with E-state index in [4.69, 9.17) is 0 Å². The summed E-state index contributed by atoms with van der Waals surface area (Å²) in [4.78, 5) is 14.7. The Balaban J connectivity index is 0.00000120. The van der Waals surface area contributed by atoms with Crippen LogP contribution < -0.4 is 5.43 Å². The maximum Gasteiger partial charge on any atom is 0.180 e. The highest BCUT2D eigenvalue weighted by molar-refractivity contribution is 8.93. The molecule has 0 spiro atoms. The van der Waals surface area contributed by atoms with Crippen LogP contribution in [0.25, 0.3) is 21.8 Å². The molecule has 0 unspecified atom stereocenters. The number of H-pyrrole nitrogens is 1. The second kappa shape index (κ2) is 4.61. The summed E-state index contributed by atoms with van der Waals surface area (Å²) in [7, 11) is 0. The first kappa shape index (κ1) is 12.9. The molecule has 0 atom stereocenters. The average Bonchev–Trinajstić information content (AvgIpc) is 2.63. The number of nitrogens with zero attached hydrogens (tertiary/aromatic N) is 1. The Morgan fingerprint density at radius 3 is 2.72 bits per heavy atom. The second-order valence-electron chi connectivity index (χ2n) is 4.29. The number of hydrogen-bond donors (Lipinski definition) is 1.